The Labute approximate surface area is 106 Å². The molecule has 0 fully saturated rings. The molecule has 1 atom stereocenters. The second-order valence-electron chi connectivity index (χ2n) is 4.11. The number of rotatable bonds is 7. The molecule has 1 rings (SSSR count). The Hall–Kier alpha value is -1.82. The molecule has 0 aliphatic heterocycles. The number of benzene rings is 1. The molecule has 1 aromatic rings. The van der Waals surface area contributed by atoms with Crippen molar-refractivity contribution in [2.45, 2.75) is 26.3 Å². The fourth-order valence-corrected chi connectivity index (χ4v) is 1.66. The van der Waals surface area contributed by atoms with Crippen molar-refractivity contribution in [2.24, 2.45) is 0 Å². The van der Waals surface area contributed by atoms with E-state index in [0.717, 1.165) is 0 Å². The largest absolute Gasteiger partial charge is 0.396 e. The maximum Gasteiger partial charge on any atom is 0.273 e. The number of nitro groups is 1. The van der Waals surface area contributed by atoms with E-state index in [-0.39, 0.29) is 18.3 Å². The number of hydrogen-bond donors (Lipinski definition) is 3. The highest BCUT2D eigenvalue weighted by molar-refractivity contribution is 5.63. The molecule has 1 aromatic carbocycles. The zero-order valence-corrected chi connectivity index (χ0v) is 10.6. The van der Waals surface area contributed by atoms with Crippen molar-refractivity contribution in [3.8, 4) is 0 Å². The molecule has 3 N–H and O–H groups in total. The van der Waals surface area contributed by atoms with Gasteiger partial charge < -0.3 is 15.7 Å². The van der Waals surface area contributed by atoms with Crippen LogP contribution in [0, 0.1) is 10.1 Å². The zero-order chi connectivity index (χ0) is 13.5. The van der Waals surface area contributed by atoms with Crippen LogP contribution in [0.5, 0.6) is 0 Å². The van der Waals surface area contributed by atoms with Crippen molar-refractivity contribution in [3.63, 3.8) is 0 Å². The van der Waals surface area contributed by atoms with Crippen LogP contribution in [0.15, 0.2) is 18.2 Å². The molecule has 0 spiro atoms. The lowest BCUT2D eigenvalue weighted by atomic mass is 10.2. The molecule has 6 heteroatoms. The first kappa shape index (κ1) is 14.2. The molecule has 0 amide bonds. The lowest BCUT2D eigenvalue weighted by Crippen LogP contribution is -2.16. The van der Waals surface area contributed by atoms with Crippen LogP contribution in [0.2, 0.25) is 0 Å². The third kappa shape index (κ3) is 4.21. The van der Waals surface area contributed by atoms with E-state index in [1.165, 1.54) is 12.1 Å². The monoisotopic (exact) mass is 253 g/mol. The van der Waals surface area contributed by atoms with E-state index >= 15 is 0 Å². The van der Waals surface area contributed by atoms with Crippen LogP contribution < -0.4 is 10.6 Å². The van der Waals surface area contributed by atoms with E-state index in [9.17, 15) is 10.1 Å². The Morgan fingerprint density at radius 3 is 2.61 bits per heavy atom. The normalized spacial score (nSPS) is 11.9. The van der Waals surface area contributed by atoms with Crippen LogP contribution in [0.3, 0.4) is 0 Å². The molecule has 18 heavy (non-hydrogen) atoms. The highest BCUT2D eigenvalue weighted by Crippen LogP contribution is 2.25. The van der Waals surface area contributed by atoms with Crippen LogP contribution in [-0.2, 0) is 0 Å². The van der Waals surface area contributed by atoms with Gasteiger partial charge >= 0.3 is 0 Å². The number of nitro benzene ring substituents is 1. The Morgan fingerprint density at radius 2 is 2.06 bits per heavy atom. The summed E-state index contributed by atoms with van der Waals surface area (Å²) in [5.41, 5.74) is 1.44. The van der Waals surface area contributed by atoms with Gasteiger partial charge in [0, 0.05) is 42.7 Å². The number of anilines is 2. The lowest BCUT2D eigenvalue weighted by Gasteiger charge is -2.15. The number of non-ortho nitro benzene ring substituents is 1. The summed E-state index contributed by atoms with van der Waals surface area (Å²) in [5.74, 6) is 0. The SMILES string of the molecule is CCNc1cc(NC(C)CCO)cc([N+](=O)[O-])c1. The number of nitrogens with one attached hydrogen (secondary N) is 2. The molecule has 0 bridgehead atoms. The van der Waals surface area contributed by atoms with Gasteiger partial charge in [-0.2, -0.15) is 0 Å². The van der Waals surface area contributed by atoms with E-state index in [2.05, 4.69) is 10.6 Å². The second kappa shape index (κ2) is 6.80. The van der Waals surface area contributed by atoms with Gasteiger partial charge in [-0.1, -0.05) is 0 Å². The molecule has 0 saturated heterocycles. The number of hydrogen-bond acceptors (Lipinski definition) is 5. The first-order valence-electron chi connectivity index (χ1n) is 5.97. The van der Waals surface area contributed by atoms with Gasteiger partial charge in [-0.05, 0) is 26.3 Å². The average molecular weight is 253 g/mol. The van der Waals surface area contributed by atoms with Crippen LogP contribution in [0.1, 0.15) is 20.3 Å². The number of nitrogens with zero attached hydrogens (tertiary/aromatic N) is 1. The summed E-state index contributed by atoms with van der Waals surface area (Å²) in [6.07, 6.45) is 0.596. The van der Waals surface area contributed by atoms with Crippen molar-refractivity contribution < 1.29 is 10.0 Å². The van der Waals surface area contributed by atoms with E-state index in [1.807, 2.05) is 19.9 Å². The van der Waals surface area contributed by atoms with Crippen LogP contribution in [-0.4, -0.2) is 29.2 Å². The Morgan fingerprint density at radius 1 is 1.39 bits per heavy atom. The van der Waals surface area contributed by atoms with E-state index in [1.54, 1.807) is 0 Å². The Kier molecular flexibility index (Phi) is 5.38. The third-order valence-corrected chi connectivity index (χ3v) is 2.48. The van der Waals surface area contributed by atoms with E-state index in [0.29, 0.717) is 24.3 Å². The van der Waals surface area contributed by atoms with Gasteiger partial charge in [0.05, 0.1) is 4.92 Å². The fourth-order valence-electron chi connectivity index (χ4n) is 1.66. The molecule has 0 radical (unpaired) electrons. The van der Waals surface area contributed by atoms with E-state index in [4.69, 9.17) is 5.11 Å². The molecule has 0 aliphatic carbocycles. The summed E-state index contributed by atoms with van der Waals surface area (Å²) < 4.78 is 0. The molecule has 0 heterocycles. The minimum atomic E-state index is -0.414. The standard InChI is InChI=1S/C12H19N3O3/c1-3-13-10-6-11(14-9(2)4-5-16)8-12(7-10)15(17)18/h6-9,13-14,16H,3-5H2,1-2H3. The minimum absolute atomic E-state index is 0.0483. The van der Waals surface area contributed by atoms with Crippen LogP contribution >= 0.6 is 0 Å². The maximum absolute atomic E-state index is 10.8. The third-order valence-electron chi connectivity index (χ3n) is 2.48. The minimum Gasteiger partial charge on any atom is -0.396 e. The quantitative estimate of drug-likeness (QED) is 0.512. The van der Waals surface area contributed by atoms with Gasteiger partial charge in [-0.3, -0.25) is 10.1 Å². The lowest BCUT2D eigenvalue weighted by molar-refractivity contribution is -0.384. The molecule has 0 aliphatic rings. The summed E-state index contributed by atoms with van der Waals surface area (Å²) in [6, 6.07) is 4.89. The van der Waals surface area contributed by atoms with Gasteiger partial charge in [-0.15, -0.1) is 0 Å². The first-order valence-corrected chi connectivity index (χ1v) is 5.97. The van der Waals surface area contributed by atoms with Crippen molar-refractivity contribution >= 4 is 17.1 Å². The molecular formula is C12H19N3O3. The number of aliphatic hydroxyl groups is 1. The predicted octanol–water partition coefficient (Wildman–Crippen LogP) is 2.21. The maximum atomic E-state index is 10.8. The van der Waals surface area contributed by atoms with Crippen LogP contribution in [0.4, 0.5) is 17.1 Å². The van der Waals surface area contributed by atoms with Crippen molar-refractivity contribution in [2.75, 3.05) is 23.8 Å². The molecule has 1 unspecified atom stereocenters. The zero-order valence-electron chi connectivity index (χ0n) is 10.6. The van der Waals surface area contributed by atoms with Gasteiger partial charge in [0.25, 0.3) is 5.69 Å². The van der Waals surface area contributed by atoms with E-state index < -0.39 is 4.92 Å². The summed E-state index contributed by atoms with van der Waals surface area (Å²) in [5, 5.41) is 25.9. The van der Waals surface area contributed by atoms with Crippen molar-refractivity contribution in [3.05, 3.63) is 28.3 Å². The van der Waals surface area contributed by atoms with Gasteiger partial charge in [0.15, 0.2) is 0 Å². The van der Waals surface area contributed by atoms with Gasteiger partial charge in [-0.25, -0.2) is 0 Å². The Bertz CT molecular complexity index is 410. The van der Waals surface area contributed by atoms with Crippen molar-refractivity contribution in [1.29, 1.82) is 0 Å². The molecule has 0 saturated carbocycles. The predicted molar refractivity (Wildman–Crippen MR) is 72.0 cm³/mol. The van der Waals surface area contributed by atoms with Crippen molar-refractivity contribution in [1.82, 2.24) is 0 Å². The molecule has 0 aromatic heterocycles. The first-order chi connectivity index (χ1) is 8.56. The molecule has 100 valence electrons. The summed E-state index contributed by atoms with van der Waals surface area (Å²) >= 11 is 0. The average Bonchev–Trinajstić information content (AvgIpc) is 2.29. The van der Waals surface area contributed by atoms with Crippen LogP contribution in [0.25, 0.3) is 0 Å². The highest BCUT2D eigenvalue weighted by Gasteiger charge is 2.10. The topological polar surface area (TPSA) is 87.4 Å². The van der Waals surface area contributed by atoms with Gasteiger partial charge in [0.2, 0.25) is 0 Å². The number of aliphatic hydroxyl groups excluding tert-OH is 1. The molecular weight excluding hydrogens is 234 g/mol. The summed E-state index contributed by atoms with van der Waals surface area (Å²) in [6.45, 7) is 4.64. The Balaban J connectivity index is 2.91. The smallest absolute Gasteiger partial charge is 0.273 e. The summed E-state index contributed by atoms with van der Waals surface area (Å²) in [7, 11) is 0. The molecule has 6 nitrogen and oxygen atoms in total. The van der Waals surface area contributed by atoms with Gasteiger partial charge in [0.1, 0.15) is 0 Å². The second-order valence-corrected chi connectivity index (χ2v) is 4.11. The highest BCUT2D eigenvalue weighted by atomic mass is 16.6. The summed E-state index contributed by atoms with van der Waals surface area (Å²) in [4.78, 5) is 10.4. The fraction of sp³-hybridized carbons (Fsp3) is 0.500.